The van der Waals surface area contributed by atoms with E-state index in [1.165, 1.54) is 5.56 Å². The van der Waals surface area contributed by atoms with Gasteiger partial charge in [-0.05, 0) is 44.9 Å². The van der Waals surface area contributed by atoms with Crippen LogP contribution in [0.5, 0.6) is 0 Å². The minimum absolute atomic E-state index is 0.203. The molecule has 0 aliphatic heterocycles. The van der Waals surface area contributed by atoms with E-state index < -0.39 is 5.60 Å². The second kappa shape index (κ2) is 4.92. The maximum atomic E-state index is 11.6. The number of halogens is 1. The van der Waals surface area contributed by atoms with Gasteiger partial charge < -0.3 is 10.1 Å². The Morgan fingerprint density at radius 1 is 1.44 bits per heavy atom. The van der Waals surface area contributed by atoms with Crippen molar-refractivity contribution in [1.29, 1.82) is 0 Å². The average molecular weight is 312 g/mol. The SMILES string of the molecule is CC(C)(C)OC(=O)NC1CC1c1cccc(Br)c1. The van der Waals surface area contributed by atoms with E-state index in [1.807, 2.05) is 32.9 Å². The van der Waals surface area contributed by atoms with Crippen LogP contribution in [0.2, 0.25) is 0 Å². The van der Waals surface area contributed by atoms with Crippen LogP contribution in [0, 0.1) is 0 Å². The molecule has 0 saturated heterocycles. The highest BCUT2D eigenvalue weighted by atomic mass is 79.9. The molecule has 2 rings (SSSR count). The maximum absolute atomic E-state index is 11.6. The summed E-state index contributed by atoms with van der Waals surface area (Å²) in [7, 11) is 0. The van der Waals surface area contributed by atoms with E-state index in [0.29, 0.717) is 5.92 Å². The Hall–Kier alpha value is -1.03. The van der Waals surface area contributed by atoms with Gasteiger partial charge in [-0.2, -0.15) is 0 Å². The van der Waals surface area contributed by atoms with Crippen molar-refractivity contribution in [3.8, 4) is 0 Å². The molecule has 0 spiro atoms. The second-order valence-electron chi connectivity index (χ2n) is 5.65. The Labute approximate surface area is 116 Å². The number of carbonyl (C=O) groups is 1. The number of benzene rings is 1. The maximum Gasteiger partial charge on any atom is 0.407 e. The lowest BCUT2D eigenvalue weighted by molar-refractivity contribution is 0.0523. The topological polar surface area (TPSA) is 38.3 Å². The Morgan fingerprint density at radius 3 is 2.78 bits per heavy atom. The highest BCUT2D eigenvalue weighted by Gasteiger charge is 2.40. The van der Waals surface area contributed by atoms with Gasteiger partial charge >= 0.3 is 6.09 Å². The van der Waals surface area contributed by atoms with Crippen LogP contribution < -0.4 is 5.32 Å². The average Bonchev–Trinajstić information content (AvgIpc) is 2.93. The lowest BCUT2D eigenvalue weighted by Crippen LogP contribution is -2.34. The Kier molecular flexibility index (Phi) is 3.66. The van der Waals surface area contributed by atoms with Gasteiger partial charge in [0.25, 0.3) is 0 Å². The largest absolute Gasteiger partial charge is 0.444 e. The molecule has 3 nitrogen and oxygen atoms in total. The van der Waals surface area contributed by atoms with Gasteiger partial charge in [0.15, 0.2) is 0 Å². The fourth-order valence-corrected chi connectivity index (χ4v) is 2.34. The van der Waals surface area contributed by atoms with Crippen LogP contribution in [-0.4, -0.2) is 17.7 Å². The molecular formula is C14H18BrNO2. The minimum atomic E-state index is -0.440. The molecule has 4 heteroatoms. The molecule has 1 N–H and O–H groups in total. The summed E-state index contributed by atoms with van der Waals surface area (Å²) < 4.78 is 6.31. The number of ether oxygens (including phenoxy) is 1. The highest BCUT2D eigenvalue weighted by Crippen LogP contribution is 2.41. The lowest BCUT2D eigenvalue weighted by Gasteiger charge is -2.19. The molecule has 1 fully saturated rings. The number of rotatable bonds is 2. The van der Waals surface area contributed by atoms with E-state index in [1.54, 1.807) is 0 Å². The van der Waals surface area contributed by atoms with Crippen LogP contribution in [0.4, 0.5) is 4.79 Å². The lowest BCUT2D eigenvalue weighted by atomic mass is 10.1. The van der Waals surface area contributed by atoms with Gasteiger partial charge in [0.2, 0.25) is 0 Å². The number of nitrogens with one attached hydrogen (secondary N) is 1. The van der Waals surface area contributed by atoms with E-state index >= 15 is 0 Å². The normalized spacial score (nSPS) is 22.4. The summed E-state index contributed by atoms with van der Waals surface area (Å²) in [5.74, 6) is 0.412. The molecule has 1 aliphatic carbocycles. The van der Waals surface area contributed by atoms with Crippen molar-refractivity contribution in [3.63, 3.8) is 0 Å². The molecule has 2 atom stereocenters. The van der Waals surface area contributed by atoms with Gasteiger partial charge in [0.05, 0.1) is 0 Å². The number of amides is 1. The first-order valence-electron chi connectivity index (χ1n) is 6.10. The highest BCUT2D eigenvalue weighted by molar-refractivity contribution is 9.10. The van der Waals surface area contributed by atoms with Crippen LogP contribution in [0.1, 0.15) is 38.7 Å². The smallest absolute Gasteiger partial charge is 0.407 e. The van der Waals surface area contributed by atoms with Gasteiger partial charge in [-0.15, -0.1) is 0 Å². The zero-order valence-electron chi connectivity index (χ0n) is 10.9. The van der Waals surface area contributed by atoms with Crippen LogP contribution in [0.15, 0.2) is 28.7 Å². The molecule has 0 heterocycles. The second-order valence-corrected chi connectivity index (χ2v) is 6.57. The van der Waals surface area contributed by atoms with Crippen LogP contribution in [0.25, 0.3) is 0 Å². The van der Waals surface area contributed by atoms with E-state index in [2.05, 4.69) is 33.4 Å². The zero-order valence-corrected chi connectivity index (χ0v) is 12.5. The van der Waals surface area contributed by atoms with Gasteiger partial charge in [-0.25, -0.2) is 4.79 Å². The number of carbonyl (C=O) groups excluding carboxylic acids is 1. The molecule has 0 aromatic heterocycles. The molecule has 18 heavy (non-hydrogen) atoms. The summed E-state index contributed by atoms with van der Waals surface area (Å²) in [5.41, 5.74) is 0.815. The molecular weight excluding hydrogens is 294 g/mol. The standard InChI is InChI=1S/C14H18BrNO2/c1-14(2,3)18-13(17)16-12-8-11(12)9-5-4-6-10(15)7-9/h4-7,11-12H,8H2,1-3H3,(H,16,17). The fourth-order valence-electron chi connectivity index (χ4n) is 1.92. The van der Waals surface area contributed by atoms with E-state index in [4.69, 9.17) is 4.74 Å². The predicted molar refractivity (Wildman–Crippen MR) is 74.7 cm³/mol. The van der Waals surface area contributed by atoms with Crippen molar-refractivity contribution in [3.05, 3.63) is 34.3 Å². The summed E-state index contributed by atoms with van der Waals surface area (Å²) in [6.45, 7) is 5.60. The summed E-state index contributed by atoms with van der Waals surface area (Å²) in [5, 5.41) is 2.90. The van der Waals surface area contributed by atoms with Gasteiger partial charge in [0.1, 0.15) is 5.60 Å². The summed E-state index contributed by atoms with van der Waals surface area (Å²) in [6.07, 6.45) is 0.653. The first-order valence-corrected chi connectivity index (χ1v) is 6.89. The van der Waals surface area contributed by atoms with Gasteiger partial charge in [-0.3, -0.25) is 0 Å². The van der Waals surface area contributed by atoms with Crippen molar-refractivity contribution >= 4 is 22.0 Å². The number of hydrogen-bond donors (Lipinski definition) is 1. The quantitative estimate of drug-likeness (QED) is 0.901. The monoisotopic (exact) mass is 311 g/mol. The number of alkyl carbamates (subject to hydrolysis) is 1. The van der Waals surface area contributed by atoms with Crippen LogP contribution >= 0.6 is 15.9 Å². The molecule has 0 bridgehead atoms. The summed E-state index contributed by atoms with van der Waals surface area (Å²) >= 11 is 3.46. The Balaban J connectivity index is 1.87. The van der Waals surface area contributed by atoms with E-state index in [-0.39, 0.29) is 12.1 Å². The molecule has 1 aromatic carbocycles. The van der Waals surface area contributed by atoms with Crippen molar-refractivity contribution in [2.24, 2.45) is 0 Å². The Morgan fingerprint density at radius 2 is 2.17 bits per heavy atom. The number of hydrogen-bond acceptors (Lipinski definition) is 2. The van der Waals surface area contributed by atoms with Crippen molar-refractivity contribution in [2.75, 3.05) is 0 Å². The first-order chi connectivity index (χ1) is 8.35. The summed E-state index contributed by atoms with van der Waals surface area (Å²) in [4.78, 5) is 11.6. The molecule has 0 radical (unpaired) electrons. The van der Waals surface area contributed by atoms with E-state index in [9.17, 15) is 4.79 Å². The van der Waals surface area contributed by atoms with Crippen LogP contribution in [0.3, 0.4) is 0 Å². The Bertz CT molecular complexity index is 453. The van der Waals surface area contributed by atoms with Gasteiger partial charge in [-0.1, -0.05) is 28.1 Å². The third kappa shape index (κ3) is 3.73. The molecule has 1 saturated carbocycles. The van der Waals surface area contributed by atoms with Crippen molar-refractivity contribution in [1.82, 2.24) is 5.32 Å². The third-order valence-electron chi connectivity index (χ3n) is 2.77. The molecule has 1 aliphatic rings. The first kappa shape index (κ1) is 13.4. The molecule has 98 valence electrons. The fraction of sp³-hybridized carbons (Fsp3) is 0.500. The molecule has 1 aromatic rings. The third-order valence-corrected chi connectivity index (χ3v) is 3.26. The predicted octanol–water partition coefficient (Wildman–Crippen LogP) is 3.83. The molecule has 1 amide bonds. The summed E-state index contributed by atoms with van der Waals surface area (Å²) in [6, 6.07) is 8.41. The van der Waals surface area contributed by atoms with Gasteiger partial charge in [0, 0.05) is 16.4 Å². The van der Waals surface area contributed by atoms with E-state index in [0.717, 1.165) is 10.9 Å². The molecule has 2 unspecified atom stereocenters. The van der Waals surface area contributed by atoms with Crippen LogP contribution in [-0.2, 0) is 4.74 Å². The zero-order chi connectivity index (χ0) is 13.3. The van der Waals surface area contributed by atoms with Crippen molar-refractivity contribution < 1.29 is 9.53 Å². The van der Waals surface area contributed by atoms with Crippen molar-refractivity contribution in [2.45, 2.75) is 44.8 Å². The minimum Gasteiger partial charge on any atom is -0.444 e.